The van der Waals surface area contributed by atoms with Crippen molar-refractivity contribution >= 4 is 16.5 Å². The summed E-state index contributed by atoms with van der Waals surface area (Å²) in [5, 5.41) is 5.85. The summed E-state index contributed by atoms with van der Waals surface area (Å²) >= 11 is 0. The second-order valence-electron chi connectivity index (χ2n) is 4.33. The zero-order chi connectivity index (χ0) is 13.0. The Morgan fingerprint density at radius 1 is 0.944 bits per heavy atom. The third-order valence-corrected chi connectivity index (χ3v) is 3.02. The van der Waals surface area contributed by atoms with Crippen molar-refractivity contribution in [1.82, 2.24) is 0 Å². The molecule has 0 saturated heterocycles. The van der Waals surface area contributed by atoms with Gasteiger partial charge in [-0.3, -0.25) is 0 Å². The van der Waals surface area contributed by atoms with Crippen LogP contribution in [-0.2, 0) is 9.47 Å². The van der Waals surface area contributed by atoms with Crippen molar-refractivity contribution in [1.29, 1.82) is 0 Å². The summed E-state index contributed by atoms with van der Waals surface area (Å²) in [7, 11) is 3.29. The molecule has 2 aromatic carbocycles. The van der Waals surface area contributed by atoms with Crippen LogP contribution in [0.5, 0.6) is 0 Å². The smallest absolute Gasteiger partial charge is 0.176 e. The van der Waals surface area contributed by atoms with Gasteiger partial charge in [0.25, 0.3) is 0 Å². The summed E-state index contributed by atoms with van der Waals surface area (Å²) in [6.07, 6.45) is -0.253. The summed E-state index contributed by atoms with van der Waals surface area (Å²) < 4.78 is 10.5. The molecule has 0 amide bonds. The Hall–Kier alpha value is -1.58. The predicted octanol–water partition coefficient (Wildman–Crippen LogP) is 3.26. The van der Waals surface area contributed by atoms with E-state index >= 15 is 0 Å². The molecule has 0 aromatic heterocycles. The molecule has 0 aliphatic carbocycles. The van der Waals surface area contributed by atoms with Crippen molar-refractivity contribution in [2.45, 2.75) is 19.3 Å². The van der Waals surface area contributed by atoms with E-state index in [2.05, 4.69) is 35.6 Å². The fourth-order valence-corrected chi connectivity index (χ4v) is 2.11. The lowest BCUT2D eigenvalue weighted by atomic mass is 10.1. The maximum absolute atomic E-state index is 5.24. The highest BCUT2D eigenvalue weighted by Gasteiger charge is 2.15. The average Bonchev–Trinajstić information content (AvgIpc) is 2.40. The molecule has 1 atom stereocenters. The molecule has 0 aliphatic rings. The largest absolute Gasteiger partial charge is 0.377 e. The van der Waals surface area contributed by atoms with Crippen molar-refractivity contribution in [3.63, 3.8) is 0 Å². The van der Waals surface area contributed by atoms with Crippen molar-refractivity contribution in [2.75, 3.05) is 19.5 Å². The lowest BCUT2D eigenvalue weighted by molar-refractivity contribution is -0.109. The van der Waals surface area contributed by atoms with Crippen LogP contribution in [0.25, 0.3) is 10.8 Å². The summed E-state index contributed by atoms with van der Waals surface area (Å²) in [5.41, 5.74) is 1.07. The molecule has 0 bridgehead atoms. The minimum atomic E-state index is -0.253. The molecule has 0 fully saturated rings. The molecule has 96 valence electrons. The molecule has 0 aliphatic heterocycles. The number of hydrogen-bond donors (Lipinski definition) is 1. The van der Waals surface area contributed by atoms with E-state index in [-0.39, 0.29) is 12.3 Å². The molecule has 2 rings (SSSR count). The molecular formula is C15H19NO2. The minimum Gasteiger partial charge on any atom is -0.377 e. The highest BCUT2D eigenvalue weighted by molar-refractivity contribution is 5.85. The van der Waals surface area contributed by atoms with E-state index in [0.717, 1.165) is 5.69 Å². The Morgan fingerprint density at radius 2 is 1.61 bits per heavy atom. The first-order valence-electron chi connectivity index (χ1n) is 6.05. The van der Waals surface area contributed by atoms with Gasteiger partial charge in [-0.25, -0.2) is 0 Å². The van der Waals surface area contributed by atoms with E-state index in [4.69, 9.17) is 9.47 Å². The summed E-state index contributed by atoms with van der Waals surface area (Å²) in [6.45, 7) is 2.03. The number of methoxy groups -OCH3 is 2. The number of anilines is 1. The standard InChI is InChI=1S/C15H19NO2/c1-11(15(17-2)18-3)16-14-9-8-12-6-4-5-7-13(12)10-14/h4-11,15-16H,1-3H3. The van der Waals surface area contributed by atoms with E-state index in [1.54, 1.807) is 14.2 Å². The fourth-order valence-electron chi connectivity index (χ4n) is 2.11. The maximum atomic E-state index is 5.24. The average molecular weight is 245 g/mol. The van der Waals surface area contributed by atoms with E-state index < -0.39 is 0 Å². The Kier molecular flexibility index (Phi) is 4.18. The molecule has 0 heterocycles. The zero-order valence-electron chi connectivity index (χ0n) is 11.0. The second-order valence-corrected chi connectivity index (χ2v) is 4.33. The number of ether oxygens (including phenoxy) is 2. The van der Waals surface area contributed by atoms with E-state index in [1.807, 2.05) is 19.1 Å². The van der Waals surface area contributed by atoms with E-state index in [0.29, 0.717) is 0 Å². The van der Waals surface area contributed by atoms with Gasteiger partial charge in [-0.05, 0) is 29.8 Å². The second kappa shape index (κ2) is 5.85. The molecule has 0 spiro atoms. The van der Waals surface area contributed by atoms with Crippen LogP contribution in [0.1, 0.15) is 6.92 Å². The minimum absolute atomic E-state index is 0.0844. The van der Waals surface area contributed by atoms with Gasteiger partial charge >= 0.3 is 0 Å². The molecule has 0 saturated carbocycles. The monoisotopic (exact) mass is 245 g/mol. The number of benzene rings is 2. The first-order chi connectivity index (χ1) is 8.74. The normalized spacial score (nSPS) is 12.9. The van der Waals surface area contributed by atoms with Crippen LogP contribution < -0.4 is 5.32 Å². The number of fused-ring (bicyclic) bond motifs is 1. The van der Waals surface area contributed by atoms with Crippen molar-refractivity contribution < 1.29 is 9.47 Å². The van der Waals surface area contributed by atoms with E-state index in [9.17, 15) is 0 Å². The van der Waals surface area contributed by atoms with Crippen LogP contribution in [-0.4, -0.2) is 26.6 Å². The molecule has 3 nitrogen and oxygen atoms in total. The maximum Gasteiger partial charge on any atom is 0.176 e. The Balaban J connectivity index is 2.16. The van der Waals surface area contributed by atoms with Crippen molar-refractivity contribution in [3.05, 3.63) is 42.5 Å². The van der Waals surface area contributed by atoms with Gasteiger partial charge in [0, 0.05) is 19.9 Å². The predicted molar refractivity (Wildman–Crippen MR) is 74.8 cm³/mol. The third kappa shape index (κ3) is 2.81. The highest BCUT2D eigenvalue weighted by atomic mass is 16.7. The molecule has 18 heavy (non-hydrogen) atoms. The number of hydrogen-bond acceptors (Lipinski definition) is 3. The fraction of sp³-hybridized carbons (Fsp3) is 0.333. The van der Waals surface area contributed by atoms with E-state index in [1.165, 1.54) is 10.8 Å². The van der Waals surface area contributed by atoms with Crippen molar-refractivity contribution in [3.8, 4) is 0 Å². The van der Waals surface area contributed by atoms with Gasteiger partial charge in [-0.2, -0.15) is 0 Å². The van der Waals surface area contributed by atoms with Crippen LogP contribution in [0.4, 0.5) is 5.69 Å². The van der Waals surface area contributed by atoms with Crippen LogP contribution >= 0.6 is 0 Å². The molecule has 1 N–H and O–H groups in total. The summed E-state index contributed by atoms with van der Waals surface area (Å²) in [4.78, 5) is 0. The lowest BCUT2D eigenvalue weighted by Crippen LogP contribution is -2.33. The van der Waals surface area contributed by atoms with Gasteiger partial charge in [0.05, 0.1) is 6.04 Å². The molecule has 3 heteroatoms. The van der Waals surface area contributed by atoms with Crippen LogP contribution in [0.2, 0.25) is 0 Å². The zero-order valence-corrected chi connectivity index (χ0v) is 11.0. The van der Waals surface area contributed by atoms with Gasteiger partial charge in [0.15, 0.2) is 6.29 Å². The first kappa shape index (κ1) is 12.9. The topological polar surface area (TPSA) is 30.5 Å². The lowest BCUT2D eigenvalue weighted by Gasteiger charge is -2.23. The van der Waals surface area contributed by atoms with Gasteiger partial charge < -0.3 is 14.8 Å². The summed E-state index contributed by atoms with van der Waals surface area (Å²) in [6, 6.07) is 14.7. The van der Waals surface area contributed by atoms with Gasteiger partial charge in [-0.15, -0.1) is 0 Å². The highest BCUT2D eigenvalue weighted by Crippen LogP contribution is 2.20. The SMILES string of the molecule is COC(OC)C(C)Nc1ccc2ccccc2c1. The molecule has 2 aromatic rings. The molecule has 0 radical (unpaired) electrons. The Labute approximate surface area is 108 Å². The van der Waals surface area contributed by atoms with Gasteiger partial charge in [0.1, 0.15) is 0 Å². The van der Waals surface area contributed by atoms with Crippen molar-refractivity contribution in [2.24, 2.45) is 0 Å². The van der Waals surface area contributed by atoms with Gasteiger partial charge in [-0.1, -0.05) is 30.3 Å². The first-order valence-corrected chi connectivity index (χ1v) is 6.05. The number of rotatable bonds is 5. The van der Waals surface area contributed by atoms with Crippen LogP contribution in [0, 0.1) is 0 Å². The third-order valence-electron chi connectivity index (χ3n) is 3.02. The quantitative estimate of drug-likeness (QED) is 0.820. The Morgan fingerprint density at radius 3 is 2.28 bits per heavy atom. The summed E-state index contributed by atoms with van der Waals surface area (Å²) in [5.74, 6) is 0. The van der Waals surface area contributed by atoms with Crippen LogP contribution in [0.15, 0.2) is 42.5 Å². The number of nitrogens with one attached hydrogen (secondary N) is 1. The van der Waals surface area contributed by atoms with Crippen LogP contribution in [0.3, 0.4) is 0 Å². The molecule has 1 unspecified atom stereocenters. The van der Waals surface area contributed by atoms with Gasteiger partial charge in [0.2, 0.25) is 0 Å². The Bertz CT molecular complexity index is 509. The molecular weight excluding hydrogens is 226 g/mol.